The molecule has 5 heteroatoms. The lowest BCUT2D eigenvalue weighted by molar-refractivity contribution is -0.140. The second-order valence-corrected chi connectivity index (χ2v) is 4.37. The molecule has 88 valence electrons. The minimum absolute atomic E-state index is 0.163. The molecule has 2 rings (SSSR count). The molecule has 1 aromatic rings. The van der Waals surface area contributed by atoms with Gasteiger partial charge < -0.3 is 15.4 Å². The van der Waals surface area contributed by atoms with Crippen molar-refractivity contribution in [2.75, 3.05) is 5.73 Å². The first kappa shape index (κ1) is 11.0. The number of nitrogens with zero attached hydrogens (tertiary/aromatic N) is 1. The van der Waals surface area contributed by atoms with E-state index in [1.54, 1.807) is 0 Å². The van der Waals surface area contributed by atoms with E-state index in [0.717, 1.165) is 25.7 Å². The molecule has 0 saturated heterocycles. The van der Waals surface area contributed by atoms with Gasteiger partial charge in [-0.2, -0.15) is 0 Å². The van der Waals surface area contributed by atoms with E-state index in [-0.39, 0.29) is 11.8 Å². The van der Waals surface area contributed by atoms with Gasteiger partial charge in [-0.3, -0.25) is 4.79 Å². The zero-order valence-corrected chi connectivity index (χ0v) is 9.06. The molecule has 16 heavy (non-hydrogen) atoms. The lowest BCUT2D eigenvalue weighted by atomic mass is 9.78. The van der Waals surface area contributed by atoms with Gasteiger partial charge in [0.15, 0.2) is 0 Å². The molecule has 0 aromatic carbocycles. The van der Waals surface area contributed by atoms with Crippen LogP contribution in [0, 0.1) is 5.92 Å². The Morgan fingerprint density at radius 3 is 2.69 bits per heavy atom. The Morgan fingerprint density at radius 2 is 2.19 bits per heavy atom. The predicted octanol–water partition coefficient (Wildman–Crippen LogP) is 2.01. The number of aliphatic carboxylic acids is 1. The van der Waals surface area contributed by atoms with Crippen LogP contribution in [0.15, 0.2) is 10.6 Å². The second kappa shape index (κ2) is 4.55. The Hall–Kier alpha value is -1.52. The summed E-state index contributed by atoms with van der Waals surface area (Å²) in [6, 6.07) is 1.52. The van der Waals surface area contributed by atoms with Gasteiger partial charge in [0, 0.05) is 6.07 Å². The minimum atomic E-state index is -0.833. The van der Waals surface area contributed by atoms with E-state index < -0.39 is 11.9 Å². The number of aromatic nitrogens is 1. The van der Waals surface area contributed by atoms with Crippen LogP contribution in [0.25, 0.3) is 0 Å². The second-order valence-electron chi connectivity index (χ2n) is 4.37. The van der Waals surface area contributed by atoms with Crippen molar-refractivity contribution in [3.8, 4) is 0 Å². The number of hydrogen-bond acceptors (Lipinski definition) is 4. The van der Waals surface area contributed by atoms with Crippen LogP contribution in [0.1, 0.15) is 43.7 Å². The van der Waals surface area contributed by atoms with Crippen LogP contribution in [0.5, 0.6) is 0 Å². The summed E-state index contributed by atoms with van der Waals surface area (Å²) in [6.45, 7) is 0. The van der Waals surface area contributed by atoms with Crippen LogP contribution in [0.2, 0.25) is 0 Å². The van der Waals surface area contributed by atoms with Crippen molar-refractivity contribution in [2.45, 2.75) is 38.0 Å². The average molecular weight is 224 g/mol. The summed E-state index contributed by atoms with van der Waals surface area (Å²) >= 11 is 0. The number of hydrogen-bond donors (Lipinski definition) is 2. The molecule has 0 radical (unpaired) electrons. The van der Waals surface area contributed by atoms with Crippen molar-refractivity contribution < 1.29 is 14.4 Å². The largest absolute Gasteiger partial charge is 0.481 e. The van der Waals surface area contributed by atoms with E-state index in [4.69, 9.17) is 10.3 Å². The summed E-state index contributed by atoms with van der Waals surface area (Å²) in [7, 11) is 0. The van der Waals surface area contributed by atoms with E-state index in [0.29, 0.717) is 5.69 Å². The first-order chi connectivity index (χ1) is 7.68. The number of nitrogen functional groups attached to an aromatic ring is 1. The molecule has 3 N–H and O–H groups in total. The highest BCUT2D eigenvalue weighted by atomic mass is 16.5. The van der Waals surface area contributed by atoms with Gasteiger partial charge in [-0.1, -0.05) is 24.4 Å². The third-order valence-corrected chi connectivity index (χ3v) is 3.25. The lowest BCUT2D eigenvalue weighted by Gasteiger charge is -2.25. The Morgan fingerprint density at radius 1 is 1.50 bits per heavy atom. The number of nitrogens with two attached hydrogens (primary N) is 1. The molecule has 5 nitrogen and oxygen atoms in total. The predicted molar refractivity (Wildman–Crippen MR) is 57.9 cm³/mol. The molecule has 1 atom stereocenters. The van der Waals surface area contributed by atoms with Gasteiger partial charge in [-0.05, 0) is 18.8 Å². The summed E-state index contributed by atoms with van der Waals surface area (Å²) < 4.78 is 4.75. The maximum atomic E-state index is 11.3. The number of anilines is 1. The Labute approximate surface area is 93.6 Å². The summed E-state index contributed by atoms with van der Waals surface area (Å²) in [5.74, 6) is -1.06. The van der Waals surface area contributed by atoms with Crippen molar-refractivity contribution >= 4 is 11.9 Å². The Kier molecular flexibility index (Phi) is 3.12. The van der Waals surface area contributed by atoms with Gasteiger partial charge in [0.05, 0.1) is 0 Å². The molecule has 0 aliphatic heterocycles. The average Bonchev–Trinajstić information content (AvgIpc) is 2.66. The molecule has 0 spiro atoms. The zero-order chi connectivity index (χ0) is 11.5. The summed E-state index contributed by atoms with van der Waals surface area (Å²) in [6.07, 6.45) is 5.29. The van der Waals surface area contributed by atoms with Crippen LogP contribution in [0.3, 0.4) is 0 Å². The number of carboxylic acids is 1. The van der Waals surface area contributed by atoms with Gasteiger partial charge in [0.25, 0.3) is 0 Å². The molecule has 1 saturated carbocycles. The molecule has 1 aliphatic carbocycles. The zero-order valence-electron chi connectivity index (χ0n) is 9.06. The van der Waals surface area contributed by atoms with Crippen molar-refractivity contribution in [3.05, 3.63) is 11.8 Å². The monoisotopic (exact) mass is 224 g/mol. The SMILES string of the molecule is Nc1cc(C(C(=O)O)C2CCCCC2)no1. The fraction of sp³-hybridized carbons (Fsp3) is 0.636. The number of rotatable bonds is 3. The first-order valence-corrected chi connectivity index (χ1v) is 5.63. The first-order valence-electron chi connectivity index (χ1n) is 5.63. The lowest BCUT2D eigenvalue weighted by Crippen LogP contribution is -2.23. The summed E-state index contributed by atoms with van der Waals surface area (Å²) in [4.78, 5) is 11.3. The highest BCUT2D eigenvalue weighted by Gasteiger charge is 2.33. The van der Waals surface area contributed by atoms with Gasteiger partial charge in [0.1, 0.15) is 11.6 Å². The third kappa shape index (κ3) is 2.18. The van der Waals surface area contributed by atoms with Crippen molar-refractivity contribution in [2.24, 2.45) is 5.92 Å². The summed E-state index contributed by atoms with van der Waals surface area (Å²) in [5.41, 5.74) is 5.88. The standard InChI is InChI=1S/C11H16N2O3/c12-9-6-8(13-16-9)10(11(14)15)7-4-2-1-3-5-7/h6-7,10H,1-5,12H2,(H,14,15). The number of carbonyl (C=O) groups is 1. The van der Waals surface area contributed by atoms with E-state index in [1.807, 2.05) is 0 Å². The van der Waals surface area contributed by atoms with Crippen molar-refractivity contribution in [3.63, 3.8) is 0 Å². The van der Waals surface area contributed by atoms with Gasteiger partial charge in [0.2, 0.25) is 5.88 Å². The molecule has 0 amide bonds. The smallest absolute Gasteiger partial charge is 0.313 e. The van der Waals surface area contributed by atoms with Gasteiger partial charge in [-0.15, -0.1) is 0 Å². The highest BCUT2D eigenvalue weighted by molar-refractivity contribution is 5.76. The van der Waals surface area contributed by atoms with Crippen molar-refractivity contribution in [1.82, 2.24) is 5.16 Å². The highest BCUT2D eigenvalue weighted by Crippen LogP contribution is 2.36. The maximum Gasteiger partial charge on any atom is 0.313 e. The molecule has 1 aromatic heterocycles. The Bertz CT molecular complexity index is 369. The van der Waals surface area contributed by atoms with Crippen molar-refractivity contribution in [1.29, 1.82) is 0 Å². The van der Waals surface area contributed by atoms with Crippen LogP contribution >= 0.6 is 0 Å². The van der Waals surface area contributed by atoms with E-state index in [1.165, 1.54) is 12.5 Å². The van der Waals surface area contributed by atoms with E-state index >= 15 is 0 Å². The fourth-order valence-electron chi connectivity index (χ4n) is 2.49. The molecular weight excluding hydrogens is 208 g/mol. The molecule has 1 unspecified atom stereocenters. The van der Waals surface area contributed by atoms with Gasteiger partial charge in [-0.25, -0.2) is 0 Å². The fourth-order valence-corrected chi connectivity index (χ4v) is 2.49. The molecule has 1 fully saturated rings. The molecule has 1 heterocycles. The molecule has 0 bridgehead atoms. The minimum Gasteiger partial charge on any atom is -0.481 e. The quantitative estimate of drug-likeness (QED) is 0.819. The van der Waals surface area contributed by atoms with Gasteiger partial charge >= 0.3 is 5.97 Å². The Balaban J connectivity index is 2.19. The normalized spacial score (nSPS) is 19.5. The van der Waals surface area contributed by atoms with Crippen LogP contribution in [-0.4, -0.2) is 16.2 Å². The topological polar surface area (TPSA) is 89.4 Å². The van der Waals surface area contributed by atoms with E-state index in [9.17, 15) is 9.90 Å². The maximum absolute atomic E-state index is 11.3. The summed E-state index contributed by atoms with van der Waals surface area (Å²) in [5, 5.41) is 13.0. The van der Waals surface area contributed by atoms with Crippen LogP contribution in [-0.2, 0) is 4.79 Å². The number of carboxylic acid groups (broad SMARTS) is 1. The molecular formula is C11H16N2O3. The third-order valence-electron chi connectivity index (χ3n) is 3.25. The van der Waals surface area contributed by atoms with Crippen LogP contribution in [0.4, 0.5) is 5.88 Å². The molecule has 1 aliphatic rings. The van der Waals surface area contributed by atoms with E-state index in [2.05, 4.69) is 5.16 Å². The van der Waals surface area contributed by atoms with Crippen LogP contribution < -0.4 is 5.73 Å².